The fraction of sp³-hybridized carbons (Fsp3) is 0.300. The molecule has 0 radical (unpaired) electrons. The zero-order valence-electron chi connectivity index (χ0n) is 16.0. The summed E-state index contributed by atoms with van der Waals surface area (Å²) in [7, 11) is 3.09. The summed E-state index contributed by atoms with van der Waals surface area (Å²) in [6, 6.07) is 12.4. The van der Waals surface area contributed by atoms with Crippen LogP contribution in [-0.4, -0.2) is 32.6 Å². The molecule has 0 saturated carbocycles. The topological polar surface area (TPSA) is 88.7 Å². The molecule has 0 aliphatic heterocycles. The predicted molar refractivity (Wildman–Crippen MR) is 107 cm³/mol. The second kappa shape index (κ2) is 9.47. The van der Waals surface area contributed by atoms with Crippen molar-refractivity contribution in [3.05, 3.63) is 42.5 Å². The van der Waals surface area contributed by atoms with Crippen LogP contribution in [0.4, 0.5) is 17.1 Å². The van der Waals surface area contributed by atoms with Crippen molar-refractivity contribution in [2.75, 3.05) is 36.7 Å². The van der Waals surface area contributed by atoms with Gasteiger partial charge in [0.2, 0.25) is 11.8 Å². The summed E-state index contributed by atoms with van der Waals surface area (Å²) < 4.78 is 10.4. The third-order valence-corrected chi connectivity index (χ3v) is 3.79. The minimum Gasteiger partial charge on any atom is -0.497 e. The molecule has 0 aliphatic carbocycles. The molecule has 3 N–H and O–H groups in total. The first-order chi connectivity index (χ1) is 12.9. The molecule has 0 heterocycles. The quantitative estimate of drug-likeness (QED) is 0.662. The van der Waals surface area contributed by atoms with Gasteiger partial charge >= 0.3 is 0 Å². The van der Waals surface area contributed by atoms with Gasteiger partial charge in [-0.05, 0) is 30.3 Å². The summed E-state index contributed by atoms with van der Waals surface area (Å²) in [5.41, 5.74) is 1.93. The molecule has 2 aromatic rings. The predicted octanol–water partition coefficient (Wildman–Crippen LogP) is 3.35. The molecule has 7 heteroatoms. The Bertz CT molecular complexity index is 806. The zero-order chi connectivity index (χ0) is 19.8. The van der Waals surface area contributed by atoms with E-state index in [9.17, 15) is 9.59 Å². The summed E-state index contributed by atoms with van der Waals surface area (Å²) in [5.74, 6) is 0.758. The minimum absolute atomic E-state index is 0.0575. The first-order valence-corrected chi connectivity index (χ1v) is 8.59. The maximum Gasteiger partial charge on any atom is 0.243 e. The summed E-state index contributed by atoms with van der Waals surface area (Å²) >= 11 is 0. The van der Waals surface area contributed by atoms with Gasteiger partial charge in [0.1, 0.15) is 11.5 Å². The maximum absolute atomic E-state index is 12.3. The Morgan fingerprint density at radius 1 is 0.963 bits per heavy atom. The molecule has 0 saturated heterocycles. The standard InChI is InChI=1S/C20H25N3O4/c1-13(2)20(25)22-15-7-5-6-14(10-15)21-12-19(24)23-17-11-16(26-3)8-9-18(17)27-4/h5-11,13,21H,12H2,1-4H3,(H,22,25)(H,23,24). The third kappa shape index (κ3) is 5.91. The van der Waals surface area contributed by atoms with Crippen LogP contribution < -0.4 is 25.4 Å². The van der Waals surface area contributed by atoms with Crippen LogP contribution in [0.5, 0.6) is 11.5 Å². The Labute approximate surface area is 159 Å². The van der Waals surface area contributed by atoms with E-state index in [0.29, 0.717) is 22.9 Å². The second-order valence-electron chi connectivity index (χ2n) is 6.19. The Balaban J connectivity index is 1.97. The van der Waals surface area contributed by atoms with E-state index in [-0.39, 0.29) is 24.3 Å². The molecule has 0 unspecified atom stereocenters. The number of benzene rings is 2. The van der Waals surface area contributed by atoms with Gasteiger partial charge in [-0.25, -0.2) is 0 Å². The molecule has 0 aromatic heterocycles. The van der Waals surface area contributed by atoms with Crippen LogP contribution in [0.3, 0.4) is 0 Å². The van der Waals surface area contributed by atoms with Crippen molar-refractivity contribution in [1.29, 1.82) is 0 Å². The second-order valence-corrected chi connectivity index (χ2v) is 6.19. The van der Waals surface area contributed by atoms with E-state index < -0.39 is 0 Å². The molecule has 144 valence electrons. The molecular formula is C20H25N3O4. The molecule has 7 nitrogen and oxygen atoms in total. The van der Waals surface area contributed by atoms with Gasteiger partial charge in [-0.3, -0.25) is 9.59 Å². The van der Waals surface area contributed by atoms with Crippen LogP contribution in [-0.2, 0) is 9.59 Å². The molecule has 2 amide bonds. The Hall–Kier alpha value is -3.22. The zero-order valence-corrected chi connectivity index (χ0v) is 16.0. The monoisotopic (exact) mass is 371 g/mol. The first kappa shape index (κ1) is 20.1. The maximum atomic E-state index is 12.3. The highest BCUT2D eigenvalue weighted by atomic mass is 16.5. The number of nitrogens with one attached hydrogen (secondary N) is 3. The van der Waals surface area contributed by atoms with Crippen molar-refractivity contribution in [3.63, 3.8) is 0 Å². The fourth-order valence-electron chi connectivity index (χ4n) is 2.28. The highest BCUT2D eigenvalue weighted by Crippen LogP contribution is 2.28. The summed E-state index contributed by atoms with van der Waals surface area (Å²) in [4.78, 5) is 24.1. The number of anilines is 3. The van der Waals surface area contributed by atoms with Crippen molar-refractivity contribution in [3.8, 4) is 11.5 Å². The first-order valence-electron chi connectivity index (χ1n) is 8.59. The van der Waals surface area contributed by atoms with E-state index >= 15 is 0 Å². The van der Waals surface area contributed by atoms with E-state index in [1.165, 1.54) is 7.11 Å². The number of hydrogen-bond acceptors (Lipinski definition) is 5. The normalized spacial score (nSPS) is 10.3. The lowest BCUT2D eigenvalue weighted by Gasteiger charge is -2.13. The number of amides is 2. The van der Waals surface area contributed by atoms with Crippen LogP contribution in [0, 0.1) is 5.92 Å². The number of carbonyl (C=O) groups excluding carboxylic acids is 2. The fourth-order valence-corrected chi connectivity index (χ4v) is 2.28. The summed E-state index contributed by atoms with van der Waals surface area (Å²) in [5, 5.41) is 8.66. The van der Waals surface area contributed by atoms with Gasteiger partial charge in [0, 0.05) is 23.4 Å². The molecule has 2 aromatic carbocycles. The molecule has 27 heavy (non-hydrogen) atoms. The highest BCUT2D eigenvalue weighted by molar-refractivity contribution is 5.96. The molecule has 0 fully saturated rings. The number of carbonyl (C=O) groups is 2. The van der Waals surface area contributed by atoms with Crippen LogP contribution in [0.1, 0.15) is 13.8 Å². The lowest BCUT2D eigenvalue weighted by atomic mass is 10.2. The largest absolute Gasteiger partial charge is 0.497 e. The van der Waals surface area contributed by atoms with Crippen molar-refractivity contribution >= 4 is 28.9 Å². The molecule has 0 atom stereocenters. The molecule has 0 bridgehead atoms. The molecule has 0 aliphatic rings. The van der Waals surface area contributed by atoms with Gasteiger partial charge in [-0.2, -0.15) is 0 Å². The van der Waals surface area contributed by atoms with Crippen LogP contribution >= 0.6 is 0 Å². The van der Waals surface area contributed by atoms with E-state index in [2.05, 4.69) is 16.0 Å². The molecule has 0 spiro atoms. The smallest absolute Gasteiger partial charge is 0.243 e. The van der Waals surface area contributed by atoms with Crippen LogP contribution in [0.25, 0.3) is 0 Å². The third-order valence-electron chi connectivity index (χ3n) is 3.79. The Kier molecular flexibility index (Phi) is 7.05. The summed E-state index contributed by atoms with van der Waals surface area (Å²) in [6.45, 7) is 3.71. The van der Waals surface area contributed by atoms with Gasteiger partial charge in [0.25, 0.3) is 0 Å². The number of methoxy groups -OCH3 is 2. The van der Waals surface area contributed by atoms with Crippen molar-refractivity contribution < 1.29 is 19.1 Å². The molecular weight excluding hydrogens is 346 g/mol. The van der Waals surface area contributed by atoms with Crippen molar-refractivity contribution in [2.45, 2.75) is 13.8 Å². The van der Waals surface area contributed by atoms with Crippen LogP contribution in [0.2, 0.25) is 0 Å². The SMILES string of the molecule is COc1ccc(OC)c(NC(=O)CNc2cccc(NC(=O)C(C)C)c2)c1. The minimum atomic E-state index is -0.238. The number of hydrogen-bond donors (Lipinski definition) is 3. The lowest BCUT2D eigenvalue weighted by Crippen LogP contribution is -2.22. The lowest BCUT2D eigenvalue weighted by molar-refractivity contribution is -0.119. The average Bonchev–Trinajstić information content (AvgIpc) is 2.66. The Morgan fingerprint density at radius 2 is 1.70 bits per heavy atom. The van der Waals surface area contributed by atoms with Gasteiger partial charge in [-0.1, -0.05) is 19.9 Å². The van der Waals surface area contributed by atoms with E-state index in [4.69, 9.17) is 9.47 Å². The van der Waals surface area contributed by atoms with E-state index in [1.807, 2.05) is 19.9 Å². The van der Waals surface area contributed by atoms with Gasteiger partial charge in [0.05, 0.1) is 26.5 Å². The highest BCUT2D eigenvalue weighted by Gasteiger charge is 2.10. The number of rotatable bonds is 8. The van der Waals surface area contributed by atoms with Crippen LogP contribution in [0.15, 0.2) is 42.5 Å². The summed E-state index contributed by atoms with van der Waals surface area (Å²) in [6.07, 6.45) is 0. The Morgan fingerprint density at radius 3 is 2.37 bits per heavy atom. The van der Waals surface area contributed by atoms with E-state index in [1.54, 1.807) is 43.5 Å². The van der Waals surface area contributed by atoms with Gasteiger partial charge in [-0.15, -0.1) is 0 Å². The average molecular weight is 371 g/mol. The van der Waals surface area contributed by atoms with E-state index in [0.717, 1.165) is 5.69 Å². The van der Waals surface area contributed by atoms with Crippen molar-refractivity contribution in [2.24, 2.45) is 5.92 Å². The van der Waals surface area contributed by atoms with Gasteiger partial charge < -0.3 is 25.4 Å². The number of ether oxygens (including phenoxy) is 2. The van der Waals surface area contributed by atoms with Crippen molar-refractivity contribution in [1.82, 2.24) is 0 Å². The van der Waals surface area contributed by atoms with Gasteiger partial charge in [0.15, 0.2) is 0 Å². The molecule has 2 rings (SSSR count).